The van der Waals surface area contributed by atoms with E-state index in [1.165, 1.54) is 12.8 Å². The molecule has 0 spiro atoms. The van der Waals surface area contributed by atoms with Crippen molar-refractivity contribution in [3.63, 3.8) is 0 Å². The first-order valence-corrected chi connectivity index (χ1v) is 8.05. The van der Waals surface area contributed by atoms with Gasteiger partial charge >= 0.3 is 0 Å². The fourth-order valence-corrected chi connectivity index (χ4v) is 2.45. The topological polar surface area (TPSA) is 35.5 Å². The van der Waals surface area contributed by atoms with Gasteiger partial charge in [0.2, 0.25) is 0 Å². The van der Waals surface area contributed by atoms with Gasteiger partial charge in [-0.15, -0.1) is 11.6 Å². The van der Waals surface area contributed by atoms with Gasteiger partial charge in [0.25, 0.3) is 0 Å². The lowest BCUT2D eigenvalue weighted by Crippen LogP contribution is -2.08. The maximum absolute atomic E-state index is 11.8. The van der Waals surface area contributed by atoms with Crippen LogP contribution < -0.4 is 9.47 Å². The average Bonchev–Trinajstić information content (AvgIpc) is 2.52. The number of alkyl halides is 1. The summed E-state index contributed by atoms with van der Waals surface area (Å²) < 4.78 is 11.2. The molecule has 0 fully saturated rings. The Bertz CT molecular complexity index is 446. The number of rotatable bonds is 10. The molecule has 3 nitrogen and oxygen atoms in total. The number of carbonyl (C=O) groups is 1. The molecule has 1 aromatic rings. The Morgan fingerprint density at radius 1 is 1.24 bits per heavy atom. The first kappa shape index (κ1) is 17.8. The lowest BCUT2D eigenvalue weighted by Gasteiger charge is -2.16. The first-order chi connectivity index (χ1) is 10.2. The molecule has 21 heavy (non-hydrogen) atoms. The maximum atomic E-state index is 11.8. The zero-order valence-corrected chi connectivity index (χ0v) is 13.9. The Kier molecular flexibility index (Phi) is 8.21. The first-order valence-electron chi connectivity index (χ1n) is 7.62. The van der Waals surface area contributed by atoms with Gasteiger partial charge in [-0.25, -0.2) is 0 Å². The molecular weight excluding hydrogens is 288 g/mol. The lowest BCUT2D eigenvalue weighted by atomic mass is 10.1. The van der Waals surface area contributed by atoms with Crippen LogP contribution in [0.1, 0.15) is 56.9 Å². The minimum atomic E-state index is -0.686. The van der Waals surface area contributed by atoms with Crippen LogP contribution in [0.3, 0.4) is 0 Å². The van der Waals surface area contributed by atoms with E-state index in [4.69, 9.17) is 21.1 Å². The number of Topliss-reactive ketones (excluding diaryl/α,β-unsaturated/α-hetero) is 1. The van der Waals surface area contributed by atoms with Crippen molar-refractivity contribution in [1.82, 2.24) is 0 Å². The van der Waals surface area contributed by atoms with Gasteiger partial charge in [-0.05, 0) is 12.5 Å². The van der Waals surface area contributed by atoms with Gasteiger partial charge in [0.05, 0.1) is 13.7 Å². The number of ketones is 1. The average molecular weight is 313 g/mol. The highest BCUT2D eigenvalue weighted by Gasteiger charge is 2.22. The van der Waals surface area contributed by atoms with Crippen LogP contribution in [0.4, 0.5) is 0 Å². The Morgan fingerprint density at radius 2 is 2.00 bits per heavy atom. The van der Waals surface area contributed by atoms with Crippen LogP contribution in [0.5, 0.6) is 11.5 Å². The second-order valence-electron chi connectivity index (χ2n) is 4.97. The third-order valence-electron chi connectivity index (χ3n) is 3.37. The fraction of sp³-hybridized carbons (Fsp3) is 0.588. The predicted molar refractivity (Wildman–Crippen MR) is 86.5 cm³/mol. The molecule has 0 N–H and O–H groups in total. The van der Waals surface area contributed by atoms with Gasteiger partial charge in [-0.1, -0.05) is 45.2 Å². The minimum absolute atomic E-state index is 0.0185. The van der Waals surface area contributed by atoms with Gasteiger partial charge in [0.1, 0.15) is 5.38 Å². The number of hydrogen-bond donors (Lipinski definition) is 0. The van der Waals surface area contributed by atoms with Gasteiger partial charge in [0.15, 0.2) is 17.3 Å². The number of methoxy groups -OCH3 is 1. The molecule has 0 saturated heterocycles. The fourth-order valence-electron chi connectivity index (χ4n) is 2.13. The third-order valence-corrected chi connectivity index (χ3v) is 3.85. The number of unbranched alkanes of at least 4 members (excludes halogenated alkanes) is 3. The lowest BCUT2D eigenvalue weighted by molar-refractivity contribution is -0.118. The highest BCUT2D eigenvalue weighted by atomic mass is 35.5. The molecule has 1 rings (SSSR count). The van der Waals surface area contributed by atoms with E-state index in [-0.39, 0.29) is 5.78 Å². The number of carbonyl (C=O) groups excluding carboxylic acids is 1. The summed E-state index contributed by atoms with van der Waals surface area (Å²) in [4.78, 5) is 11.8. The normalized spacial score (nSPS) is 12.0. The molecule has 0 aliphatic carbocycles. The minimum Gasteiger partial charge on any atom is -0.493 e. The molecule has 0 radical (unpaired) electrons. The molecule has 0 aliphatic rings. The summed E-state index contributed by atoms with van der Waals surface area (Å²) >= 11 is 6.23. The Balaban J connectivity index is 2.78. The molecule has 1 atom stereocenters. The highest BCUT2D eigenvalue weighted by Crippen LogP contribution is 2.38. The van der Waals surface area contributed by atoms with Crippen LogP contribution >= 0.6 is 11.6 Å². The number of benzene rings is 1. The van der Waals surface area contributed by atoms with E-state index >= 15 is 0 Å². The van der Waals surface area contributed by atoms with E-state index in [0.29, 0.717) is 30.1 Å². The molecule has 4 heteroatoms. The molecular formula is C17H25ClO3. The van der Waals surface area contributed by atoms with Crippen molar-refractivity contribution in [3.8, 4) is 11.5 Å². The quantitative estimate of drug-likeness (QED) is 0.454. The van der Waals surface area contributed by atoms with Gasteiger partial charge < -0.3 is 9.47 Å². The third kappa shape index (κ3) is 5.24. The van der Waals surface area contributed by atoms with Crippen LogP contribution in [0, 0.1) is 0 Å². The Morgan fingerprint density at radius 3 is 2.62 bits per heavy atom. The largest absolute Gasteiger partial charge is 0.493 e. The van der Waals surface area contributed by atoms with Crippen molar-refractivity contribution >= 4 is 17.4 Å². The molecule has 0 aliphatic heterocycles. The number of halogens is 1. The molecule has 0 saturated carbocycles. The van der Waals surface area contributed by atoms with E-state index < -0.39 is 5.38 Å². The SMILES string of the molecule is CCCCCCOc1cccc(C(Cl)C(=O)CC)c1OC. The van der Waals surface area contributed by atoms with E-state index in [1.54, 1.807) is 14.0 Å². The molecule has 1 unspecified atom stereocenters. The molecule has 118 valence electrons. The summed E-state index contributed by atoms with van der Waals surface area (Å²) in [6, 6.07) is 5.51. The molecule has 1 aromatic carbocycles. The summed E-state index contributed by atoms with van der Waals surface area (Å²) in [5.74, 6) is 1.20. The van der Waals surface area contributed by atoms with Crippen LogP contribution in [0.25, 0.3) is 0 Å². The molecule has 0 bridgehead atoms. The van der Waals surface area contributed by atoms with Gasteiger partial charge in [0, 0.05) is 12.0 Å². The van der Waals surface area contributed by atoms with Crippen molar-refractivity contribution in [2.75, 3.05) is 13.7 Å². The van der Waals surface area contributed by atoms with Crippen LogP contribution in [0.2, 0.25) is 0 Å². The maximum Gasteiger partial charge on any atom is 0.165 e. The standard InChI is InChI=1S/C17H25ClO3/c1-4-6-7-8-12-21-15-11-9-10-13(17(15)20-3)16(18)14(19)5-2/h9-11,16H,4-8,12H2,1-3H3. The summed E-state index contributed by atoms with van der Waals surface area (Å²) in [5.41, 5.74) is 0.678. The second kappa shape index (κ2) is 9.67. The van der Waals surface area contributed by atoms with E-state index in [0.717, 1.165) is 12.8 Å². The highest BCUT2D eigenvalue weighted by molar-refractivity contribution is 6.31. The van der Waals surface area contributed by atoms with Crippen LogP contribution in [-0.4, -0.2) is 19.5 Å². The van der Waals surface area contributed by atoms with Crippen LogP contribution in [0.15, 0.2) is 18.2 Å². The number of para-hydroxylation sites is 1. The summed E-state index contributed by atoms with van der Waals surface area (Å²) in [5, 5.41) is -0.686. The second-order valence-corrected chi connectivity index (χ2v) is 5.41. The smallest absolute Gasteiger partial charge is 0.165 e. The molecule has 0 aromatic heterocycles. The predicted octanol–water partition coefficient (Wildman–Crippen LogP) is 4.91. The zero-order valence-electron chi connectivity index (χ0n) is 13.2. The number of hydrogen-bond acceptors (Lipinski definition) is 3. The Hall–Kier alpha value is -1.22. The van der Waals surface area contributed by atoms with Gasteiger partial charge in [-0.3, -0.25) is 4.79 Å². The monoisotopic (exact) mass is 312 g/mol. The van der Waals surface area contributed by atoms with Gasteiger partial charge in [-0.2, -0.15) is 0 Å². The van der Waals surface area contributed by atoms with Crippen molar-refractivity contribution in [2.24, 2.45) is 0 Å². The van der Waals surface area contributed by atoms with Crippen LogP contribution in [-0.2, 0) is 4.79 Å². The molecule has 0 amide bonds. The van der Waals surface area contributed by atoms with E-state index in [2.05, 4.69) is 6.92 Å². The van der Waals surface area contributed by atoms with Crippen molar-refractivity contribution in [3.05, 3.63) is 23.8 Å². The molecule has 0 heterocycles. The zero-order chi connectivity index (χ0) is 15.7. The van der Waals surface area contributed by atoms with E-state index in [9.17, 15) is 4.79 Å². The van der Waals surface area contributed by atoms with Crippen molar-refractivity contribution in [1.29, 1.82) is 0 Å². The Labute approximate surface area is 132 Å². The number of ether oxygens (including phenoxy) is 2. The summed E-state index contributed by atoms with van der Waals surface area (Å²) in [6.07, 6.45) is 4.99. The summed E-state index contributed by atoms with van der Waals surface area (Å²) in [7, 11) is 1.57. The summed E-state index contributed by atoms with van der Waals surface area (Å²) in [6.45, 7) is 4.63. The van der Waals surface area contributed by atoms with Crippen molar-refractivity contribution < 1.29 is 14.3 Å². The van der Waals surface area contributed by atoms with E-state index in [1.807, 2.05) is 18.2 Å². The van der Waals surface area contributed by atoms with Crippen molar-refractivity contribution in [2.45, 2.75) is 51.3 Å².